The number of carbonyl (C=O) groups is 1. The van der Waals surface area contributed by atoms with Gasteiger partial charge in [-0.1, -0.05) is 6.92 Å². The molecule has 37 heavy (non-hydrogen) atoms. The van der Waals surface area contributed by atoms with Gasteiger partial charge in [0.1, 0.15) is 16.1 Å². The van der Waals surface area contributed by atoms with Crippen LogP contribution in [0.1, 0.15) is 64.7 Å². The monoisotopic (exact) mass is 549 g/mol. The summed E-state index contributed by atoms with van der Waals surface area (Å²) in [6.45, 7) is 1.57. The zero-order valence-electron chi connectivity index (χ0n) is 22.1. The Hall–Kier alpha value is -0.920. The molecule has 1 amide bonds. The third-order valence-electron chi connectivity index (χ3n) is 8.97. The molecule has 4 fully saturated rings. The molecule has 0 radical (unpaired) electrons. The summed E-state index contributed by atoms with van der Waals surface area (Å²) in [5.41, 5.74) is 0. The second-order valence-electron chi connectivity index (χ2n) is 11.7. The number of ether oxygens (including phenoxy) is 1. The molecule has 2 aliphatic heterocycles. The SMILES string of the molecule is CC1CCC(NC(=O)C2CCC(S(C)(=O)=O)CC2)CC1NC1NCCC(C2CNCC(OC(F)F)C2)N1. The van der Waals surface area contributed by atoms with E-state index < -0.39 is 22.6 Å². The van der Waals surface area contributed by atoms with Crippen LogP contribution in [0.25, 0.3) is 0 Å². The number of hydrogen-bond donors (Lipinski definition) is 5. The van der Waals surface area contributed by atoms with Crippen LogP contribution in [0.3, 0.4) is 0 Å². The van der Waals surface area contributed by atoms with Gasteiger partial charge in [0.2, 0.25) is 5.91 Å². The van der Waals surface area contributed by atoms with Gasteiger partial charge in [-0.3, -0.25) is 20.7 Å². The number of halogens is 2. The molecule has 5 N–H and O–H groups in total. The number of hydrogen-bond acceptors (Lipinski definition) is 8. The highest BCUT2D eigenvalue weighted by Gasteiger charge is 2.37. The summed E-state index contributed by atoms with van der Waals surface area (Å²) in [5.74, 6) is 0.637. The van der Waals surface area contributed by atoms with Gasteiger partial charge in [-0.05, 0) is 82.7 Å². The molecule has 0 aromatic carbocycles. The lowest BCUT2D eigenvalue weighted by atomic mass is 9.82. The maximum atomic E-state index is 12.9. The van der Waals surface area contributed by atoms with Crippen molar-refractivity contribution in [3.63, 3.8) is 0 Å². The fraction of sp³-hybridized carbons (Fsp3) is 0.960. The third-order valence-corrected chi connectivity index (χ3v) is 10.6. The third kappa shape index (κ3) is 8.28. The maximum absolute atomic E-state index is 12.9. The topological polar surface area (TPSA) is 121 Å². The van der Waals surface area contributed by atoms with Crippen molar-refractivity contribution in [2.24, 2.45) is 17.8 Å². The van der Waals surface area contributed by atoms with E-state index in [1.807, 2.05) is 0 Å². The Labute approximate surface area is 219 Å². The molecule has 12 heteroatoms. The van der Waals surface area contributed by atoms with Crippen LogP contribution in [0, 0.1) is 17.8 Å². The zero-order chi connectivity index (χ0) is 26.6. The lowest BCUT2D eigenvalue weighted by Crippen LogP contribution is -2.66. The lowest BCUT2D eigenvalue weighted by Gasteiger charge is -2.43. The Morgan fingerprint density at radius 2 is 1.78 bits per heavy atom. The predicted molar refractivity (Wildman–Crippen MR) is 138 cm³/mol. The normalized spacial score (nSPS) is 39.9. The minimum Gasteiger partial charge on any atom is -0.353 e. The molecule has 2 heterocycles. The fourth-order valence-electron chi connectivity index (χ4n) is 6.68. The van der Waals surface area contributed by atoms with Gasteiger partial charge in [-0.25, -0.2) is 8.42 Å². The van der Waals surface area contributed by atoms with Crippen molar-refractivity contribution >= 4 is 15.7 Å². The number of rotatable bonds is 8. The van der Waals surface area contributed by atoms with Crippen molar-refractivity contribution in [1.29, 1.82) is 0 Å². The average molecular weight is 550 g/mol. The number of sulfone groups is 1. The van der Waals surface area contributed by atoms with Gasteiger partial charge in [0.25, 0.3) is 0 Å². The zero-order valence-corrected chi connectivity index (χ0v) is 22.9. The number of nitrogens with one attached hydrogen (secondary N) is 5. The second-order valence-corrected chi connectivity index (χ2v) is 14.0. The summed E-state index contributed by atoms with van der Waals surface area (Å²) >= 11 is 0. The molecule has 9 nitrogen and oxygen atoms in total. The van der Waals surface area contributed by atoms with Crippen LogP contribution in [0.2, 0.25) is 0 Å². The minimum absolute atomic E-state index is 0.0598. The molecular formula is C25H45F2N5O4S. The van der Waals surface area contributed by atoms with Gasteiger partial charge in [0, 0.05) is 36.8 Å². The van der Waals surface area contributed by atoms with Crippen LogP contribution in [0.15, 0.2) is 0 Å². The first-order valence-electron chi connectivity index (χ1n) is 14.0. The molecule has 0 spiro atoms. The highest BCUT2D eigenvalue weighted by Crippen LogP contribution is 2.30. The van der Waals surface area contributed by atoms with Crippen molar-refractivity contribution in [2.45, 2.75) is 107 Å². The van der Waals surface area contributed by atoms with E-state index in [9.17, 15) is 22.0 Å². The van der Waals surface area contributed by atoms with E-state index in [1.54, 1.807) is 0 Å². The van der Waals surface area contributed by atoms with Crippen molar-refractivity contribution in [3.8, 4) is 0 Å². The summed E-state index contributed by atoms with van der Waals surface area (Å²) < 4.78 is 53.8. The molecule has 4 aliphatic rings. The predicted octanol–water partition coefficient (Wildman–Crippen LogP) is 1.31. The molecular weight excluding hydrogens is 504 g/mol. The van der Waals surface area contributed by atoms with E-state index in [2.05, 4.69) is 33.5 Å². The van der Waals surface area contributed by atoms with Crippen LogP contribution >= 0.6 is 0 Å². The largest absolute Gasteiger partial charge is 0.353 e. The van der Waals surface area contributed by atoms with Crippen molar-refractivity contribution in [3.05, 3.63) is 0 Å². The number of amides is 1. The van der Waals surface area contributed by atoms with Crippen molar-refractivity contribution in [2.75, 3.05) is 25.9 Å². The smallest absolute Gasteiger partial charge is 0.345 e. The van der Waals surface area contributed by atoms with Gasteiger partial charge in [0.15, 0.2) is 0 Å². The van der Waals surface area contributed by atoms with Crippen LogP contribution in [0.4, 0.5) is 8.78 Å². The van der Waals surface area contributed by atoms with E-state index in [-0.39, 0.29) is 47.4 Å². The average Bonchev–Trinajstić information content (AvgIpc) is 2.85. The summed E-state index contributed by atoms with van der Waals surface area (Å²) in [7, 11) is -3.04. The Balaban J connectivity index is 1.24. The van der Waals surface area contributed by atoms with Crippen LogP contribution in [-0.4, -0.2) is 82.6 Å². The van der Waals surface area contributed by atoms with E-state index in [0.717, 1.165) is 38.8 Å². The van der Waals surface area contributed by atoms with Crippen LogP contribution < -0.4 is 26.6 Å². The second kappa shape index (κ2) is 13.0. The molecule has 0 aromatic heterocycles. The van der Waals surface area contributed by atoms with E-state index >= 15 is 0 Å². The molecule has 0 aromatic rings. The highest BCUT2D eigenvalue weighted by molar-refractivity contribution is 7.91. The molecule has 2 saturated carbocycles. The molecule has 2 saturated heterocycles. The summed E-state index contributed by atoms with van der Waals surface area (Å²) in [6, 6.07) is 0.526. The number of piperidine rings is 1. The first-order chi connectivity index (χ1) is 17.6. The summed E-state index contributed by atoms with van der Waals surface area (Å²) in [4.78, 5) is 12.9. The molecule has 7 atom stereocenters. The molecule has 4 rings (SSSR count). The number of alkyl halides is 2. The first kappa shape index (κ1) is 29.1. The van der Waals surface area contributed by atoms with Gasteiger partial charge in [-0.15, -0.1) is 0 Å². The van der Waals surface area contributed by atoms with E-state index in [0.29, 0.717) is 44.6 Å². The Kier molecular flexibility index (Phi) is 10.2. The summed E-state index contributed by atoms with van der Waals surface area (Å²) in [6.07, 6.45) is 7.46. The maximum Gasteiger partial charge on any atom is 0.345 e. The van der Waals surface area contributed by atoms with Gasteiger partial charge in [-0.2, -0.15) is 8.78 Å². The van der Waals surface area contributed by atoms with E-state index in [1.165, 1.54) is 6.26 Å². The van der Waals surface area contributed by atoms with Crippen molar-refractivity contribution < 1.29 is 26.7 Å². The van der Waals surface area contributed by atoms with Crippen LogP contribution in [0.5, 0.6) is 0 Å². The number of carbonyl (C=O) groups excluding carboxylic acids is 1. The Morgan fingerprint density at radius 1 is 1.03 bits per heavy atom. The van der Waals surface area contributed by atoms with Gasteiger partial charge >= 0.3 is 6.61 Å². The summed E-state index contributed by atoms with van der Waals surface area (Å²) in [5, 5.41) is 17.0. The van der Waals surface area contributed by atoms with E-state index in [4.69, 9.17) is 4.74 Å². The lowest BCUT2D eigenvalue weighted by molar-refractivity contribution is -0.170. The molecule has 2 aliphatic carbocycles. The Morgan fingerprint density at radius 3 is 2.49 bits per heavy atom. The van der Waals surface area contributed by atoms with Gasteiger partial charge < -0.3 is 15.4 Å². The van der Waals surface area contributed by atoms with Gasteiger partial charge in [0.05, 0.1) is 11.4 Å². The van der Waals surface area contributed by atoms with Crippen LogP contribution in [-0.2, 0) is 19.4 Å². The standard InChI is InChI=1S/C25H45F2N5O4S/c1-15-3-6-18(30-23(33)16-4-7-20(8-5-16)37(2,34)35)12-22(15)32-25-29-10-9-21(31-25)17-11-19(14-28-13-17)36-24(26)27/h15-22,24-25,28-29,31-32H,3-14H2,1-2H3,(H,30,33). The fourth-order valence-corrected chi connectivity index (χ4v) is 7.81. The van der Waals surface area contributed by atoms with Crippen molar-refractivity contribution in [1.82, 2.24) is 26.6 Å². The Bertz CT molecular complexity index is 858. The first-order valence-corrected chi connectivity index (χ1v) is 15.9. The quantitative estimate of drug-likeness (QED) is 0.307. The minimum atomic E-state index is -3.04. The molecule has 7 unspecified atom stereocenters. The molecule has 0 bridgehead atoms. The highest BCUT2D eigenvalue weighted by atomic mass is 32.2. The molecule has 214 valence electrons.